The van der Waals surface area contributed by atoms with Gasteiger partial charge in [-0.2, -0.15) is 0 Å². The van der Waals surface area contributed by atoms with Crippen LogP contribution in [0.4, 0.5) is 5.69 Å². The summed E-state index contributed by atoms with van der Waals surface area (Å²) in [4.78, 5) is 27.0. The molecular weight excluding hydrogens is 338 g/mol. The number of hydrogen-bond donors (Lipinski definition) is 2. The number of benzene rings is 2. The van der Waals surface area contributed by atoms with E-state index in [0.717, 1.165) is 39.0 Å². The van der Waals surface area contributed by atoms with Crippen LogP contribution in [0.1, 0.15) is 40.0 Å². The second kappa shape index (κ2) is 7.53. The SMILES string of the molecule is O=C(Nc1ccc(C(=O)N2CCC3(CCNC3)CC2)cc1)c1ccccc1. The Bertz CT molecular complexity index is 801. The van der Waals surface area contributed by atoms with Crippen LogP contribution in [-0.2, 0) is 0 Å². The summed E-state index contributed by atoms with van der Waals surface area (Å²) in [7, 11) is 0. The largest absolute Gasteiger partial charge is 0.339 e. The summed E-state index contributed by atoms with van der Waals surface area (Å²) in [5.74, 6) is -0.0714. The molecule has 2 heterocycles. The summed E-state index contributed by atoms with van der Waals surface area (Å²) < 4.78 is 0. The van der Waals surface area contributed by atoms with Gasteiger partial charge < -0.3 is 15.5 Å². The monoisotopic (exact) mass is 363 g/mol. The molecule has 2 aliphatic rings. The fraction of sp³-hybridized carbons (Fsp3) is 0.364. The molecule has 1 spiro atoms. The molecule has 0 aromatic heterocycles. The van der Waals surface area contributed by atoms with E-state index >= 15 is 0 Å². The second-order valence-electron chi connectivity index (χ2n) is 7.62. The summed E-state index contributed by atoms with van der Waals surface area (Å²) in [5.41, 5.74) is 2.38. The standard InChI is InChI=1S/C22H25N3O2/c26-20(17-4-2-1-3-5-17)24-19-8-6-18(7-9-19)21(27)25-14-11-22(12-15-25)10-13-23-16-22/h1-9,23H,10-16H2,(H,24,26). The number of likely N-dealkylation sites (tertiary alicyclic amines) is 1. The van der Waals surface area contributed by atoms with Gasteiger partial charge in [0.15, 0.2) is 0 Å². The molecule has 140 valence electrons. The molecule has 2 amide bonds. The van der Waals surface area contributed by atoms with Crippen LogP contribution in [0, 0.1) is 5.41 Å². The molecule has 2 aromatic carbocycles. The number of amides is 2. The number of anilines is 1. The summed E-state index contributed by atoms with van der Waals surface area (Å²) in [6.07, 6.45) is 3.39. The van der Waals surface area contributed by atoms with Crippen LogP contribution in [0.15, 0.2) is 54.6 Å². The van der Waals surface area contributed by atoms with E-state index in [2.05, 4.69) is 10.6 Å². The minimum atomic E-state index is -0.152. The van der Waals surface area contributed by atoms with Crippen molar-refractivity contribution in [2.75, 3.05) is 31.5 Å². The van der Waals surface area contributed by atoms with Crippen LogP contribution in [-0.4, -0.2) is 42.9 Å². The molecule has 2 aromatic rings. The minimum absolute atomic E-state index is 0.0803. The molecule has 27 heavy (non-hydrogen) atoms. The van der Waals surface area contributed by atoms with Gasteiger partial charge >= 0.3 is 0 Å². The normalized spacial score (nSPS) is 18.4. The van der Waals surface area contributed by atoms with Crippen LogP contribution in [0.2, 0.25) is 0 Å². The number of hydrogen-bond acceptors (Lipinski definition) is 3. The third-order valence-corrected chi connectivity index (χ3v) is 5.87. The predicted octanol–water partition coefficient (Wildman–Crippen LogP) is 3.15. The Morgan fingerprint density at radius 2 is 1.59 bits per heavy atom. The van der Waals surface area contributed by atoms with Crippen molar-refractivity contribution < 1.29 is 9.59 Å². The van der Waals surface area contributed by atoms with Crippen LogP contribution in [0.3, 0.4) is 0 Å². The van der Waals surface area contributed by atoms with Crippen molar-refractivity contribution in [2.24, 2.45) is 5.41 Å². The van der Waals surface area contributed by atoms with Crippen LogP contribution < -0.4 is 10.6 Å². The molecule has 0 saturated carbocycles. The average Bonchev–Trinajstić information content (AvgIpc) is 3.17. The van der Waals surface area contributed by atoms with Crippen LogP contribution in [0.5, 0.6) is 0 Å². The molecule has 2 fully saturated rings. The van der Waals surface area contributed by atoms with Crippen molar-refractivity contribution >= 4 is 17.5 Å². The highest BCUT2D eigenvalue weighted by molar-refractivity contribution is 6.04. The zero-order valence-corrected chi connectivity index (χ0v) is 15.4. The lowest BCUT2D eigenvalue weighted by molar-refractivity contribution is 0.0607. The molecule has 5 heteroatoms. The second-order valence-corrected chi connectivity index (χ2v) is 7.62. The van der Waals surface area contributed by atoms with Gasteiger partial charge in [-0.05, 0) is 67.6 Å². The minimum Gasteiger partial charge on any atom is -0.339 e. The van der Waals surface area contributed by atoms with E-state index in [1.165, 1.54) is 6.42 Å². The fourth-order valence-electron chi connectivity index (χ4n) is 4.08. The maximum atomic E-state index is 12.8. The van der Waals surface area contributed by atoms with E-state index in [1.54, 1.807) is 36.4 Å². The van der Waals surface area contributed by atoms with Gasteiger partial charge in [0.05, 0.1) is 0 Å². The smallest absolute Gasteiger partial charge is 0.255 e. The van der Waals surface area contributed by atoms with Gasteiger partial charge in [-0.1, -0.05) is 18.2 Å². The quantitative estimate of drug-likeness (QED) is 0.881. The van der Waals surface area contributed by atoms with Crippen molar-refractivity contribution in [1.82, 2.24) is 10.2 Å². The first-order chi connectivity index (χ1) is 13.2. The summed E-state index contributed by atoms with van der Waals surface area (Å²) >= 11 is 0. The maximum absolute atomic E-state index is 12.8. The Labute approximate surface area is 159 Å². The Morgan fingerprint density at radius 1 is 0.889 bits per heavy atom. The van der Waals surface area contributed by atoms with Gasteiger partial charge in [-0.25, -0.2) is 0 Å². The lowest BCUT2D eigenvalue weighted by Crippen LogP contribution is -2.44. The first kappa shape index (κ1) is 17.7. The van der Waals surface area contributed by atoms with Gasteiger partial charge in [0.25, 0.3) is 11.8 Å². The molecular formula is C22H25N3O2. The Hall–Kier alpha value is -2.66. The number of nitrogens with one attached hydrogen (secondary N) is 2. The van der Waals surface area contributed by atoms with E-state index in [1.807, 2.05) is 23.1 Å². The zero-order valence-electron chi connectivity index (χ0n) is 15.4. The molecule has 0 radical (unpaired) electrons. The first-order valence-electron chi connectivity index (χ1n) is 9.62. The molecule has 2 saturated heterocycles. The van der Waals surface area contributed by atoms with Gasteiger partial charge in [0.2, 0.25) is 0 Å². The van der Waals surface area contributed by atoms with Gasteiger partial charge in [-0.3, -0.25) is 9.59 Å². The number of nitrogens with zero attached hydrogens (tertiary/aromatic N) is 1. The molecule has 2 N–H and O–H groups in total. The Balaban J connectivity index is 1.36. The number of piperidine rings is 1. The predicted molar refractivity (Wildman–Crippen MR) is 106 cm³/mol. The molecule has 5 nitrogen and oxygen atoms in total. The van der Waals surface area contributed by atoms with Gasteiger partial charge in [0.1, 0.15) is 0 Å². The third-order valence-electron chi connectivity index (χ3n) is 5.87. The van der Waals surface area contributed by atoms with E-state index < -0.39 is 0 Å². The summed E-state index contributed by atoms with van der Waals surface area (Å²) in [5, 5.41) is 6.32. The molecule has 0 bridgehead atoms. The maximum Gasteiger partial charge on any atom is 0.255 e. The number of carbonyl (C=O) groups is 2. The number of rotatable bonds is 3. The van der Waals surface area contributed by atoms with Crippen molar-refractivity contribution in [3.8, 4) is 0 Å². The molecule has 2 aliphatic heterocycles. The van der Waals surface area contributed by atoms with Crippen LogP contribution >= 0.6 is 0 Å². The lowest BCUT2D eigenvalue weighted by atomic mass is 9.78. The van der Waals surface area contributed by atoms with Gasteiger partial charge in [-0.15, -0.1) is 0 Å². The summed E-state index contributed by atoms with van der Waals surface area (Å²) in [6, 6.07) is 16.3. The van der Waals surface area contributed by atoms with Gasteiger partial charge in [0, 0.05) is 36.4 Å². The van der Waals surface area contributed by atoms with Crippen molar-refractivity contribution in [3.05, 3.63) is 65.7 Å². The lowest BCUT2D eigenvalue weighted by Gasteiger charge is -2.38. The highest BCUT2D eigenvalue weighted by Gasteiger charge is 2.38. The Morgan fingerprint density at radius 3 is 2.22 bits per heavy atom. The molecule has 4 rings (SSSR count). The average molecular weight is 363 g/mol. The van der Waals surface area contributed by atoms with Crippen LogP contribution in [0.25, 0.3) is 0 Å². The van der Waals surface area contributed by atoms with Crippen molar-refractivity contribution in [3.63, 3.8) is 0 Å². The van der Waals surface area contributed by atoms with Crippen molar-refractivity contribution in [1.29, 1.82) is 0 Å². The highest BCUT2D eigenvalue weighted by Crippen LogP contribution is 2.37. The molecule has 0 unspecified atom stereocenters. The number of carbonyl (C=O) groups excluding carboxylic acids is 2. The Kier molecular flexibility index (Phi) is 4.94. The van der Waals surface area contributed by atoms with E-state index in [9.17, 15) is 9.59 Å². The fourth-order valence-corrected chi connectivity index (χ4v) is 4.08. The topological polar surface area (TPSA) is 61.4 Å². The van der Waals surface area contributed by atoms with Crippen molar-refractivity contribution in [2.45, 2.75) is 19.3 Å². The van der Waals surface area contributed by atoms with E-state index in [0.29, 0.717) is 22.2 Å². The third kappa shape index (κ3) is 3.88. The highest BCUT2D eigenvalue weighted by atomic mass is 16.2. The van der Waals surface area contributed by atoms with E-state index in [-0.39, 0.29) is 11.8 Å². The van der Waals surface area contributed by atoms with E-state index in [4.69, 9.17) is 0 Å². The molecule has 0 atom stereocenters. The zero-order chi connectivity index (χ0) is 18.7. The molecule has 0 aliphatic carbocycles. The summed E-state index contributed by atoms with van der Waals surface area (Å²) in [6.45, 7) is 3.84. The first-order valence-corrected chi connectivity index (χ1v) is 9.62.